The highest BCUT2D eigenvalue weighted by molar-refractivity contribution is 5.87. The van der Waals surface area contributed by atoms with Gasteiger partial charge in [0.2, 0.25) is 0 Å². The number of anilines is 1. The summed E-state index contributed by atoms with van der Waals surface area (Å²) in [5, 5.41) is 1.09. The van der Waals surface area contributed by atoms with Crippen LogP contribution in [0.4, 0.5) is 5.82 Å². The summed E-state index contributed by atoms with van der Waals surface area (Å²) < 4.78 is 5.36. The number of aromatic nitrogens is 3. The first-order valence-electron chi connectivity index (χ1n) is 7.97. The number of nitrogens with zero attached hydrogens (tertiary/aromatic N) is 3. The van der Waals surface area contributed by atoms with E-state index in [1.807, 2.05) is 19.2 Å². The average Bonchev–Trinajstić information content (AvgIpc) is 2.92. The lowest BCUT2D eigenvalue weighted by Gasteiger charge is -2.23. The van der Waals surface area contributed by atoms with Gasteiger partial charge in [-0.3, -0.25) is 0 Å². The maximum absolute atomic E-state index is 5.36. The Balaban J connectivity index is 1.75. The van der Waals surface area contributed by atoms with Crippen molar-refractivity contribution in [2.24, 2.45) is 0 Å². The second-order valence-corrected chi connectivity index (χ2v) is 5.99. The quantitative estimate of drug-likeness (QED) is 0.790. The monoisotopic (exact) mass is 308 g/mol. The summed E-state index contributed by atoms with van der Waals surface area (Å²) in [4.78, 5) is 14.7. The van der Waals surface area contributed by atoms with Crippen LogP contribution in [0.3, 0.4) is 0 Å². The highest BCUT2D eigenvalue weighted by Gasteiger charge is 2.19. The van der Waals surface area contributed by atoms with E-state index in [1.54, 1.807) is 7.11 Å². The highest BCUT2D eigenvalue weighted by Crippen LogP contribution is 2.29. The summed E-state index contributed by atoms with van der Waals surface area (Å²) in [6, 6.07) is 8.44. The first-order chi connectivity index (χ1) is 11.2. The average molecular weight is 308 g/mol. The van der Waals surface area contributed by atoms with Crippen molar-refractivity contribution in [2.45, 2.75) is 26.3 Å². The number of aryl methyl sites for hydroxylation is 2. The third kappa shape index (κ3) is 2.52. The number of nitrogens with one attached hydrogen (secondary N) is 1. The Hall–Kier alpha value is -2.56. The standard InChI is InChI=1S/C18H20N4O/c1-12-20-17-16(7-8-19-17)18(21-12)22-9-3-4-13-10-15(23-2)6-5-14(13)11-22/h5-8,10H,3-4,9,11H2,1-2H3,(H,19,20,21). The van der Waals surface area contributed by atoms with Gasteiger partial charge in [0.05, 0.1) is 12.5 Å². The number of benzene rings is 1. The summed E-state index contributed by atoms with van der Waals surface area (Å²) in [5.41, 5.74) is 3.64. The van der Waals surface area contributed by atoms with Crippen molar-refractivity contribution in [3.05, 3.63) is 47.4 Å². The third-order valence-corrected chi connectivity index (χ3v) is 4.46. The summed E-state index contributed by atoms with van der Waals surface area (Å²) in [7, 11) is 1.72. The molecule has 1 N–H and O–H groups in total. The van der Waals surface area contributed by atoms with Gasteiger partial charge in [-0.15, -0.1) is 0 Å². The van der Waals surface area contributed by atoms with Gasteiger partial charge in [0.15, 0.2) is 0 Å². The lowest BCUT2D eigenvalue weighted by Crippen LogP contribution is -2.24. The van der Waals surface area contributed by atoms with Gasteiger partial charge in [-0.05, 0) is 49.1 Å². The molecule has 0 atom stereocenters. The van der Waals surface area contributed by atoms with Crippen molar-refractivity contribution in [3.8, 4) is 5.75 Å². The molecule has 4 rings (SSSR count). The molecule has 0 saturated heterocycles. The summed E-state index contributed by atoms with van der Waals surface area (Å²) in [6.45, 7) is 3.81. The van der Waals surface area contributed by atoms with Crippen molar-refractivity contribution in [1.29, 1.82) is 0 Å². The van der Waals surface area contributed by atoms with Crippen molar-refractivity contribution in [1.82, 2.24) is 15.0 Å². The number of hydrogen-bond acceptors (Lipinski definition) is 4. The molecule has 0 aliphatic carbocycles. The molecule has 1 aliphatic rings. The lowest BCUT2D eigenvalue weighted by atomic mass is 10.0. The van der Waals surface area contributed by atoms with E-state index in [-0.39, 0.29) is 0 Å². The lowest BCUT2D eigenvalue weighted by molar-refractivity contribution is 0.414. The van der Waals surface area contributed by atoms with Crippen LogP contribution in [0.15, 0.2) is 30.5 Å². The Morgan fingerprint density at radius 1 is 1.17 bits per heavy atom. The summed E-state index contributed by atoms with van der Waals surface area (Å²) in [6.07, 6.45) is 4.11. The molecule has 0 unspecified atom stereocenters. The molecule has 2 aromatic heterocycles. The van der Waals surface area contributed by atoms with Crippen molar-refractivity contribution in [2.75, 3.05) is 18.6 Å². The topological polar surface area (TPSA) is 54.0 Å². The van der Waals surface area contributed by atoms with Gasteiger partial charge in [-0.25, -0.2) is 9.97 Å². The fourth-order valence-electron chi connectivity index (χ4n) is 3.32. The van der Waals surface area contributed by atoms with Gasteiger partial charge in [-0.2, -0.15) is 0 Å². The second kappa shape index (κ2) is 5.57. The van der Waals surface area contributed by atoms with Crippen molar-refractivity contribution in [3.63, 3.8) is 0 Å². The molecule has 23 heavy (non-hydrogen) atoms. The highest BCUT2D eigenvalue weighted by atomic mass is 16.5. The molecule has 3 heterocycles. The molecule has 3 aromatic rings. The van der Waals surface area contributed by atoms with E-state index >= 15 is 0 Å². The zero-order valence-corrected chi connectivity index (χ0v) is 13.5. The smallest absolute Gasteiger partial charge is 0.143 e. The Kier molecular flexibility index (Phi) is 3.41. The molecular formula is C18H20N4O. The molecule has 5 nitrogen and oxygen atoms in total. The predicted molar refractivity (Wildman–Crippen MR) is 91.0 cm³/mol. The van der Waals surface area contributed by atoms with Crippen molar-refractivity contribution < 1.29 is 4.74 Å². The van der Waals surface area contributed by atoms with Crippen LogP contribution in [-0.2, 0) is 13.0 Å². The minimum Gasteiger partial charge on any atom is -0.497 e. The maximum atomic E-state index is 5.36. The van der Waals surface area contributed by atoms with Gasteiger partial charge in [0.25, 0.3) is 0 Å². The zero-order chi connectivity index (χ0) is 15.8. The Morgan fingerprint density at radius 3 is 2.96 bits per heavy atom. The van der Waals surface area contributed by atoms with E-state index in [0.717, 1.165) is 54.4 Å². The Bertz CT molecular complexity index is 855. The second-order valence-electron chi connectivity index (χ2n) is 5.99. The zero-order valence-electron chi connectivity index (χ0n) is 13.5. The van der Waals surface area contributed by atoms with E-state index in [9.17, 15) is 0 Å². The number of aromatic amines is 1. The van der Waals surface area contributed by atoms with Crippen LogP contribution < -0.4 is 9.64 Å². The first-order valence-corrected chi connectivity index (χ1v) is 7.97. The van der Waals surface area contributed by atoms with E-state index in [1.165, 1.54) is 11.1 Å². The summed E-state index contributed by atoms with van der Waals surface area (Å²) >= 11 is 0. The maximum Gasteiger partial charge on any atom is 0.143 e. The van der Waals surface area contributed by atoms with Crippen LogP contribution in [0.5, 0.6) is 5.75 Å². The van der Waals surface area contributed by atoms with E-state index in [4.69, 9.17) is 9.72 Å². The number of rotatable bonds is 2. The molecule has 1 aliphatic heterocycles. The van der Waals surface area contributed by atoms with Crippen LogP contribution in [0.1, 0.15) is 23.4 Å². The molecule has 0 saturated carbocycles. The van der Waals surface area contributed by atoms with Gasteiger partial charge in [-0.1, -0.05) is 6.07 Å². The van der Waals surface area contributed by atoms with Crippen LogP contribution >= 0.6 is 0 Å². The molecule has 118 valence electrons. The molecule has 0 radical (unpaired) electrons. The van der Waals surface area contributed by atoms with Crippen molar-refractivity contribution >= 4 is 16.9 Å². The number of hydrogen-bond donors (Lipinski definition) is 1. The van der Waals surface area contributed by atoms with Crippen LogP contribution in [0.25, 0.3) is 11.0 Å². The van der Waals surface area contributed by atoms with Gasteiger partial charge in [0.1, 0.15) is 23.0 Å². The molecule has 0 amide bonds. The van der Waals surface area contributed by atoms with Gasteiger partial charge >= 0.3 is 0 Å². The van der Waals surface area contributed by atoms with E-state index in [2.05, 4.69) is 33.1 Å². The summed E-state index contributed by atoms with van der Waals surface area (Å²) in [5.74, 6) is 2.76. The minimum absolute atomic E-state index is 0.800. The number of ether oxygens (including phenoxy) is 1. The first kappa shape index (κ1) is 14.1. The van der Waals surface area contributed by atoms with Gasteiger partial charge in [0, 0.05) is 19.3 Å². The fraction of sp³-hybridized carbons (Fsp3) is 0.333. The molecule has 0 spiro atoms. The SMILES string of the molecule is COc1ccc2c(c1)CCCN(c1nc(C)nc3[nH]ccc13)C2. The number of fused-ring (bicyclic) bond motifs is 2. The fourth-order valence-corrected chi connectivity index (χ4v) is 3.32. The van der Waals surface area contributed by atoms with Crippen LogP contribution in [0.2, 0.25) is 0 Å². The molecule has 5 heteroatoms. The predicted octanol–water partition coefficient (Wildman–Crippen LogP) is 3.23. The molecule has 0 bridgehead atoms. The number of methoxy groups -OCH3 is 1. The molecule has 0 fully saturated rings. The van der Waals surface area contributed by atoms with E-state index in [0.29, 0.717) is 0 Å². The normalized spacial score (nSPS) is 14.6. The Morgan fingerprint density at radius 2 is 2.09 bits per heavy atom. The largest absolute Gasteiger partial charge is 0.497 e. The van der Waals surface area contributed by atoms with Crippen LogP contribution in [-0.4, -0.2) is 28.6 Å². The molecule has 1 aromatic carbocycles. The molecular weight excluding hydrogens is 288 g/mol. The van der Waals surface area contributed by atoms with E-state index < -0.39 is 0 Å². The minimum atomic E-state index is 0.800. The van der Waals surface area contributed by atoms with Gasteiger partial charge < -0.3 is 14.6 Å². The number of H-pyrrole nitrogens is 1. The Labute approximate surface area is 135 Å². The third-order valence-electron chi connectivity index (χ3n) is 4.46. The van der Waals surface area contributed by atoms with Crippen LogP contribution in [0, 0.1) is 6.92 Å².